The Labute approximate surface area is 57.0 Å². The summed E-state index contributed by atoms with van der Waals surface area (Å²) in [6, 6.07) is 0. The van der Waals surface area contributed by atoms with Crippen LogP contribution in [0.1, 0.15) is 0 Å². The molecule has 0 saturated carbocycles. The van der Waals surface area contributed by atoms with E-state index in [1.165, 1.54) is 0 Å². The second-order valence-electron chi connectivity index (χ2n) is 0.542. The second kappa shape index (κ2) is 2.26. The summed E-state index contributed by atoms with van der Waals surface area (Å²) >= 11 is 10.4. The first-order valence-corrected chi connectivity index (χ1v) is 9.32. The van der Waals surface area contributed by atoms with Crippen molar-refractivity contribution in [3.05, 3.63) is 0 Å². The molecule has 0 aromatic carbocycles. The zero-order chi connectivity index (χ0) is 4.50. The van der Waals surface area contributed by atoms with E-state index >= 15 is 0 Å². The summed E-state index contributed by atoms with van der Waals surface area (Å²) in [6.07, 6.45) is 0. The summed E-state index contributed by atoms with van der Waals surface area (Å²) in [5.41, 5.74) is 5.16. The standard InChI is InChI=1S/BrClH3INP/c1-5(2,3)4/h5H,4H2. The van der Waals surface area contributed by atoms with Crippen molar-refractivity contribution in [2.45, 2.75) is 0 Å². The quantitative estimate of drug-likeness (QED) is 0.538. The average Bonchev–Trinajstić information content (AvgIpc) is 0.722. The normalized spacial score (nSPS) is 15.2. The van der Waals surface area contributed by atoms with E-state index in [0.29, 0.717) is 0 Å². The minimum absolute atomic E-state index is 1.86. The van der Waals surface area contributed by atoms with E-state index in [1.54, 1.807) is 0 Å². The Bertz CT molecular complexity index is 27.1. The zero-order valence-electron chi connectivity index (χ0n) is 2.21. The molecule has 0 radical (unpaired) electrons. The Balaban J connectivity index is 3.02. The maximum atomic E-state index is 5.35. The van der Waals surface area contributed by atoms with Crippen LogP contribution in [0.25, 0.3) is 0 Å². The van der Waals surface area contributed by atoms with Crippen LogP contribution in [0.3, 0.4) is 0 Å². The predicted octanol–water partition coefficient (Wildman–Crippen LogP) is 2.42. The second-order valence-corrected chi connectivity index (χ2v) is 20.0. The van der Waals surface area contributed by atoms with Crippen molar-refractivity contribution in [2.75, 3.05) is 0 Å². The summed E-state index contributed by atoms with van der Waals surface area (Å²) in [5, 5.41) is 0. The molecular weight excluding hydrogens is 287 g/mol. The topological polar surface area (TPSA) is 26.0 Å². The Morgan fingerprint density at radius 3 is 2.00 bits per heavy atom. The van der Waals surface area contributed by atoms with Crippen molar-refractivity contribution < 1.29 is 0 Å². The molecule has 0 atom stereocenters. The molecule has 0 aromatic heterocycles. The van der Waals surface area contributed by atoms with Crippen molar-refractivity contribution >= 4 is 51.9 Å². The molecule has 0 amide bonds. The maximum absolute atomic E-state index is 5.35. The van der Waals surface area contributed by atoms with Gasteiger partial charge in [-0.25, -0.2) is 0 Å². The van der Waals surface area contributed by atoms with Gasteiger partial charge in [0.1, 0.15) is 0 Å². The Kier molecular flexibility index (Phi) is 3.12. The van der Waals surface area contributed by atoms with E-state index < -0.39 is 3.11 Å². The summed E-state index contributed by atoms with van der Waals surface area (Å²) in [5.74, 6) is 0. The molecule has 0 aliphatic rings. The van der Waals surface area contributed by atoms with Gasteiger partial charge in [0.2, 0.25) is 0 Å². The van der Waals surface area contributed by atoms with Crippen LogP contribution in [0, 0.1) is 0 Å². The van der Waals surface area contributed by atoms with Gasteiger partial charge in [0, 0.05) is 0 Å². The third-order valence-electron chi connectivity index (χ3n) is 0. The SMILES string of the molecule is N[PH](Cl)(Br)I. The van der Waals surface area contributed by atoms with Crippen LogP contribution in [-0.2, 0) is 0 Å². The van der Waals surface area contributed by atoms with Crippen molar-refractivity contribution in [3.63, 3.8) is 0 Å². The molecule has 1 nitrogen and oxygen atoms in total. The molecule has 5 heavy (non-hydrogen) atoms. The van der Waals surface area contributed by atoms with Crippen LogP contribution < -0.4 is 5.50 Å². The third kappa shape index (κ3) is 25.0. The fraction of sp³-hybridized carbons (Fsp3) is 0. The van der Waals surface area contributed by atoms with Gasteiger partial charge in [0.25, 0.3) is 0 Å². The van der Waals surface area contributed by atoms with E-state index in [-0.39, 0.29) is 0 Å². The van der Waals surface area contributed by atoms with Gasteiger partial charge in [-0.3, -0.25) is 0 Å². The molecule has 2 N–H and O–H groups in total. The molecule has 0 bridgehead atoms. The van der Waals surface area contributed by atoms with Gasteiger partial charge in [-0.15, -0.1) is 0 Å². The molecule has 0 unspecified atom stereocenters. The van der Waals surface area contributed by atoms with Crippen LogP contribution in [0.15, 0.2) is 0 Å². The molecule has 0 spiro atoms. The van der Waals surface area contributed by atoms with Crippen LogP contribution in [0.5, 0.6) is 0 Å². The van der Waals surface area contributed by atoms with E-state index in [0.717, 1.165) is 0 Å². The third-order valence-corrected chi connectivity index (χ3v) is 0. The average molecular weight is 290 g/mol. The van der Waals surface area contributed by atoms with Crippen LogP contribution in [0.2, 0.25) is 0 Å². The van der Waals surface area contributed by atoms with Crippen molar-refractivity contribution in [1.82, 2.24) is 0 Å². The monoisotopic (exact) mass is 289 g/mol. The van der Waals surface area contributed by atoms with E-state index in [4.69, 9.17) is 16.7 Å². The van der Waals surface area contributed by atoms with E-state index in [2.05, 4.69) is 15.5 Å². The molecule has 5 heteroatoms. The number of hydrogen-bond acceptors (Lipinski definition) is 1. The van der Waals surface area contributed by atoms with E-state index in [1.807, 2.05) is 22.0 Å². The summed E-state index contributed by atoms with van der Waals surface area (Å²) in [7, 11) is 0. The van der Waals surface area contributed by atoms with Gasteiger partial charge in [-0.1, -0.05) is 0 Å². The van der Waals surface area contributed by atoms with Gasteiger partial charge in [-0.05, 0) is 0 Å². The first kappa shape index (κ1) is 6.89. The number of hydrogen-bond donors (Lipinski definition) is 1. The van der Waals surface area contributed by atoms with Crippen molar-refractivity contribution in [1.29, 1.82) is 0 Å². The molecule has 0 saturated heterocycles. The first-order valence-electron chi connectivity index (χ1n) is 0.856. The van der Waals surface area contributed by atoms with Gasteiger partial charge in [0.15, 0.2) is 0 Å². The van der Waals surface area contributed by atoms with Crippen molar-refractivity contribution in [3.8, 4) is 0 Å². The molecule has 0 aromatic rings. The van der Waals surface area contributed by atoms with Crippen LogP contribution in [0.4, 0.5) is 0 Å². The summed E-state index contributed by atoms with van der Waals surface area (Å²) in [4.78, 5) is 0. The van der Waals surface area contributed by atoms with Gasteiger partial charge in [-0.2, -0.15) is 0 Å². The van der Waals surface area contributed by atoms with Gasteiger partial charge in [0.05, 0.1) is 0 Å². The van der Waals surface area contributed by atoms with Gasteiger partial charge < -0.3 is 0 Å². The van der Waals surface area contributed by atoms with Gasteiger partial charge >= 0.3 is 57.4 Å². The molecule has 34 valence electrons. The Hall–Kier alpha value is 1.89. The first-order chi connectivity index (χ1) is 2.00. The number of halogens is 3. The van der Waals surface area contributed by atoms with Crippen LogP contribution in [-0.4, -0.2) is 0 Å². The molecule has 0 rings (SSSR count). The molecule has 0 heterocycles. The molecule has 0 aliphatic carbocycles. The Morgan fingerprint density at radius 2 is 2.00 bits per heavy atom. The zero-order valence-corrected chi connectivity index (χ0v) is 7.71. The number of rotatable bonds is 0. The Morgan fingerprint density at radius 1 is 2.00 bits per heavy atom. The fourth-order valence-corrected chi connectivity index (χ4v) is 0. The number of nitrogens with two attached hydrogens (primary N) is 1. The fourth-order valence-electron chi connectivity index (χ4n) is 0. The molecular formula is H3BrClINP. The summed E-state index contributed by atoms with van der Waals surface area (Å²) < 4.78 is -1.86. The van der Waals surface area contributed by atoms with Crippen LogP contribution >= 0.6 is 51.9 Å². The van der Waals surface area contributed by atoms with Crippen molar-refractivity contribution in [2.24, 2.45) is 5.50 Å². The predicted molar refractivity (Wildman–Crippen MR) is 41.3 cm³/mol. The molecule has 0 fully saturated rings. The molecule has 0 aliphatic heterocycles. The summed E-state index contributed by atoms with van der Waals surface area (Å²) in [6.45, 7) is 0. The van der Waals surface area contributed by atoms with E-state index in [9.17, 15) is 0 Å². The minimum atomic E-state index is -1.86.